The van der Waals surface area contributed by atoms with Crippen LogP contribution in [0, 0.1) is 0 Å². The van der Waals surface area contributed by atoms with Gasteiger partial charge >= 0.3 is 0 Å². The Bertz CT molecular complexity index is 248. The molecule has 0 spiro atoms. The van der Waals surface area contributed by atoms with Crippen molar-refractivity contribution in [3.8, 4) is 0 Å². The average molecular weight is 425 g/mol. The van der Waals surface area contributed by atoms with Gasteiger partial charge in [-0.15, -0.1) is 0 Å². The predicted molar refractivity (Wildman–Crippen MR) is 138 cm³/mol. The Morgan fingerprint density at radius 2 is 0.533 bits per heavy atom. The number of hydrogen-bond donors (Lipinski definition) is 0. The first-order valence-electron chi connectivity index (χ1n) is 14.5. The predicted octanol–water partition coefficient (Wildman–Crippen LogP) is 10.8. The Morgan fingerprint density at radius 1 is 0.267 bits per heavy atom. The fourth-order valence-electron chi connectivity index (χ4n) is 4.41. The second kappa shape index (κ2) is 29.0. The normalized spacial score (nSPS) is 11.4. The summed E-state index contributed by atoms with van der Waals surface area (Å²) in [7, 11) is 0. The first kappa shape index (κ1) is 30.0. The molecule has 182 valence electrons. The van der Waals surface area contributed by atoms with Gasteiger partial charge in [-0.2, -0.15) is 0 Å². The molecule has 1 nitrogen and oxygen atoms in total. The van der Waals surface area contributed by atoms with Gasteiger partial charge in [-0.25, -0.2) is 0 Å². The highest BCUT2D eigenvalue weighted by atomic mass is 16.5. The molecule has 0 heterocycles. The van der Waals surface area contributed by atoms with E-state index in [9.17, 15) is 0 Å². The molecule has 0 aliphatic carbocycles. The molecule has 0 bridgehead atoms. The summed E-state index contributed by atoms with van der Waals surface area (Å²) in [6, 6.07) is 0. The highest BCUT2D eigenvalue weighted by Crippen LogP contribution is 2.15. The van der Waals surface area contributed by atoms with Crippen LogP contribution in [0.3, 0.4) is 0 Å². The van der Waals surface area contributed by atoms with E-state index < -0.39 is 0 Å². The number of hydrogen-bond acceptors (Lipinski definition) is 1. The molecule has 0 unspecified atom stereocenters. The summed E-state index contributed by atoms with van der Waals surface area (Å²) in [6.07, 6.45) is 36.1. The zero-order valence-electron chi connectivity index (χ0n) is 21.5. The van der Waals surface area contributed by atoms with Crippen LogP contribution in [0.1, 0.15) is 174 Å². The SMILES string of the molecule is CCCCCCCCCCCCCCCCCCCCCCCCCCOCCC. The first-order chi connectivity index (χ1) is 14.9. The maximum atomic E-state index is 5.53. The highest BCUT2D eigenvalue weighted by Gasteiger charge is 1.96. The Kier molecular flexibility index (Phi) is 28.9. The van der Waals surface area contributed by atoms with E-state index in [1.807, 2.05) is 0 Å². The van der Waals surface area contributed by atoms with Crippen LogP contribution in [0.25, 0.3) is 0 Å². The molecule has 0 saturated heterocycles. The van der Waals surface area contributed by atoms with Gasteiger partial charge in [-0.05, 0) is 12.8 Å². The van der Waals surface area contributed by atoms with E-state index in [4.69, 9.17) is 4.74 Å². The van der Waals surface area contributed by atoms with Crippen molar-refractivity contribution >= 4 is 0 Å². The van der Waals surface area contributed by atoms with Gasteiger partial charge in [0.15, 0.2) is 0 Å². The molecule has 30 heavy (non-hydrogen) atoms. The fraction of sp³-hybridized carbons (Fsp3) is 1.00. The molecule has 0 aliphatic rings. The van der Waals surface area contributed by atoms with E-state index in [1.165, 1.54) is 154 Å². The molecule has 0 aromatic carbocycles. The van der Waals surface area contributed by atoms with Crippen molar-refractivity contribution in [2.75, 3.05) is 13.2 Å². The molecule has 0 amide bonds. The summed E-state index contributed by atoms with van der Waals surface area (Å²) in [5, 5.41) is 0. The zero-order valence-corrected chi connectivity index (χ0v) is 21.5. The van der Waals surface area contributed by atoms with E-state index in [1.54, 1.807) is 0 Å². The topological polar surface area (TPSA) is 9.23 Å². The van der Waals surface area contributed by atoms with Crippen LogP contribution in [0.2, 0.25) is 0 Å². The minimum absolute atomic E-state index is 0.944. The van der Waals surface area contributed by atoms with E-state index in [0.29, 0.717) is 0 Å². The van der Waals surface area contributed by atoms with Crippen LogP contribution in [0.5, 0.6) is 0 Å². The molecule has 0 aromatic heterocycles. The maximum absolute atomic E-state index is 5.53. The van der Waals surface area contributed by atoms with Gasteiger partial charge in [0.2, 0.25) is 0 Å². The summed E-state index contributed by atoms with van der Waals surface area (Å²) in [6.45, 7) is 6.41. The van der Waals surface area contributed by atoms with Crippen molar-refractivity contribution < 1.29 is 4.74 Å². The number of rotatable bonds is 27. The molecule has 0 saturated carbocycles. The lowest BCUT2D eigenvalue weighted by Gasteiger charge is -2.04. The molecule has 1 heteroatoms. The standard InChI is InChI=1S/C29H60O/c1-3-5-6-7-8-9-10-11-12-13-14-15-16-17-18-19-20-21-22-23-24-25-26-27-29-30-28-4-2/h3-29H2,1-2H3. The lowest BCUT2D eigenvalue weighted by molar-refractivity contribution is 0.130. The molecule has 0 rings (SSSR count). The highest BCUT2D eigenvalue weighted by molar-refractivity contribution is 4.51. The van der Waals surface area contributed by atoms with Crippen LogP contribution in [0.4, 0.5) is 0 Å². The van der Waals surface area contributed by atoms with Crippen molar-refractivity contribution in [2.45, 2.75) is 174 Å². The van der Waals surface area contributed by atoms with Crippen LogP contribution >= 0.6 is 0 Å². The molecule has 0 aromatic rings. The van der Waals surface area contributed by atoms with Gasteiger partial charge < -0.3 is 4.74 Å². The second-order valence-electron chi connectivity index (χ2n) is 9.74. The lowest BCUT2D eigenvalue weighted by Crippen LogP contribution is -1.95. The average Bonchev–Trinajstić information content (AvgIpc) is 2.76. The van der Waals surface area contributed by atoms with Crippen LogP contribution < -0.4 is 0 Å². The van der Waals surface area contributed by atoms with Crippen LogP contribution in [-0.4, -0.2) is 13.2 Å². The number of unbranched alkanes of at least 4 members (excludes halogenated alkanes) is 23. The first-order valence-corrected chi connectivity index (χ1v) is 14.5. The second-order valence-corrected chi connectivity index (χ2v) is 9.74. The van der Waals surface area contributed by atoms with E-state index in [0.717, 1.165) is 19.6 Å². The molecule has 0 N–H and O–H groups in total. The van der Waals surface area contributed by atoms with Crippen molar-refractivity contribution in [1.82, 2.24) is 0 Å². The van der Waals surface area contributed by atoms with Gasteiger partial charge in [-0.1, -0.05) is 162 Å². The Hall–Kier alpha value is -0.0400. The van der Waals surface area contributed by atoms with Gasteiger partial charge in [0, 0.05) is 13.2 Å². The summed E-state index contributed by atoms with van der Waals surface area (Å²) < 4.78 is 5.53. The van der Waals surface area contributed by atoms with Crippen LogP contribution in [-0.2, 0) is 4.74 Å². The Morgan fingerprint density at radius 3 is 0.800 bits per heavy atom. The van der Waals surface area contributed by atoms with Gasteiger partial charge in [0.1, 0.15) is 0 Å². The largest absolute Gasteiger partial charge is 0.381 e. The third-order valence-corrected chi connectivity index (χ3v) is 6.49. The van der Waals surface area contributed by atoms with Gasteiger partial charge in [0.05, 0.1) is 0 Å². The molecule has 0 atom stereocenters. The molecule has 0 fully saturated rings. The van der Waals surface area contributed by atoms with E-state index in [-0.39, 0.29) is 0 Å². The third-order valence-electron chi connectivity index (χ3n) is 6.49. The summed E-state index contributed by atoms with van der Waals surface area (Å²) in [4.78, 5) is 0. The Balaban J connectivity index is 2.97. The summed E-state index contributed by atoms with van der Waals surface area (Å²) >= 11 is 0. The van der Waals surface area contributed by atoms with Crippen LogP contribution in [0.15, 0.2) is 0 Å². The lowest BCUT2D eigenvalue weighted by atomic mass is 10.0. The minimum atomic E-state index is 0.944. The summed E-state index contributed by atoms with van der Waals surface area (Å²) in [5.74, 6) is 0. The quantitative estimate of drug-likeness (QED) is 0.119. The van der Waals surface area contributed by atoms with Gasteiger partial charge in [-0.3, -0.25) is 0 Å². The van der Waals surface area contributed by atoms with E-state index in [2.05, 4.69) is 13.8 Å². The minimum Gasteiger partial charge on any atom is -0.381 e. The molecule has 0 radical (unpaired) electrons. The zero-order chi connectivity index (χ0) is 21.8. The monoisotopic (exact) mass is 424 g/mol. The van der Waals surface area contributed by atoms with E-state index >= 15 is 0 Å². The van der Waals surface area contributed by atoms with Crippen molar-refractivity contribution in [2.24, 2.45) is 0 Å². The molecular weight excluding hydrogens is 364 g/mol. The molecular formula is C29H60O. The van der Waals surface area contributed by atoms with Crippen molar-refractivity contribution in [3.05, 3.63) is 0 Å². The summed E-state index contributed by atoms with van der Waals surface area (Å²) in [5.41, 5.74) is 0. The van der Waals surface area contributed by atoms with Gasteiger partial charge in [0.25, 0.3) is 0 Å². The Labute approximate surface area is 192 Å². The maximum Gasteiger partial charge on any atom is 0.0466 e. The smallest absolute Gasteiger partial charge is 0.0466 e. The third kappa shape index (κ3) is 28.0. The fourth-order valence-corrected chi connectivity index (χ4v) is 4.41. The number of ether oxygens (including phenoxy) is 1. The van der Waals surface area contributed by atoms with Crippen molar-refractivity contribution in [3.63, 3.8) is 0 Å². The van der Waals surface area contributed by atoms with Crippen molar-refractivity contribution in [1.29, 1.82) is 0 Å². The molecule has 0 aliphatic heterocycles.